The van der Waals surface area contributed by atoms with Crippen molar-refractivity contribution in [2.75, 3.05) is 19.7 Å². The van der Waals surface area contributed by atoms with Crippen LogP contribution in [-0.2, 0) is 38.1 Å². The Balaban J connectivity index is 1.47. The number of nitrogens with zero attached hydrogens (tertiary/aromatic N) is 2. The number of fused-ring (bicyclic) bond motifs is 1. The van der Waals surface area contributed by atoms with Crippen LogP contribution in [0.3, 0.4) is 0 Å². The van der Waals surface area contributed by atoms with E-state index in [2.05, 4.69) is 20.8 Å². The summed E-state index contributed by atoms with van der Waals surface area (Å²) >= 11 is 0. The molecule has 3 aromatic carbocycles. The predicted octanol–water partition coefficient (Wildman–Crippen LogP) is 5.80. The molecule has 0 saturated carbocycles. The summed E-state index contributed by atoms with van der Waals surface area (Å²) in [5.41, 5.74) is 3.22. The smallest absolute Gasteiger partial charge is 0.243 e. The van der Waals surface area contributed by atoms with Crippen LogP contribution in [-0.4, -0.2) is 49.3 Å². The first-order valence-corrected chi connectivity index (χ1v) is 16.4. The van der Waals surface area contributed by atoms with Gasteiger partial charge in [0.15, 0.2) is 5.43 Å². The molecule has 2 heterocycles. The predicted molar refractivity (Wildman–Crippen MR) is 171 cm³/mol. The Hall–Kier alpha value is -3.79. The van der Waals surface area contributed by atoms with E-state index in [0.29, 0.717) is 29.6 Å². The molecular formula is C35H40N2O6S. The zero-order valence-electron chi connectivity index (χ0n) is 25.8. The Labute approximate surface area is 259 Å². The van der Waals surface area contributed by atoms with Crippen molar-refractivity contribution in [3.8, 4) is 0 Å². The van der Waals surface area contributed by atoms with E-state index in [1.807, 2.05) is 55.5 Å². The molecule has 44 heavy (non-hydrogen) atoms. The minimum Gasteiger partial charge on any atom is -0.464 e. The third-order valence-corrected chi connectivity index (χ3v) is 9.86. The summed E-state index contributed by atoms with van der Waals surface area (Å²) in [5, 5.41) is 0.441. The van der Waals surface area contributed by atoms with E-state index < -0.39 is 22.5 Å². The number of carbonyl (C=O) groups excluding carboxylic acids is 1. The maximum Gasteiger partial charge on any atom is 0.243 e. The van der Waals surface area contributed by atoms with E-state index in [0.717, 1.165) is 23.1 Å². The Kier molecular flexibility index (Phi) is 9.39. The molecule has 1 aliphatic heterocycles. The monoisotopic (exact) mass is 616 g/mol. The van der Waals surface area contributed by atoms with Gasteiger partial charge in [-0.25, -0.2) is 8.42 Å². The summed E-state index contributed by atoms with van der Waals surface area (Å²) in [6, 6.07) is 21.7. The van der Waals surface area contributed by atoms with Crippen molar-refractivity contribution >= 4 is 26.9 Å². The molecule has 9 heteroatoms. The summed E-state index contributed by atoms with van der Waals surface area (Å²) in [6.07, 6.45) is 2.64. The van der Waals surface area contributed by atoms with Crippen LogP contribution >= 0.6 is 0 Å². The average Bonchev–Trinajstić information content (AvgIpc) is 3.51. The van der Waals surface area contributed by atoms with Crippen LogP contribution in [0.1, 0.15) is 55.9 Å². The minimum atomic E-state index is -4.04. The molecule has 0 N–H and O–H groups in total. The van der Waals surface area contributed by atoms with E-state index in [1.165, 1.54) is 15.5 Å². The van der Waals surface area contributed by atoms with Gasteiger partial charge in [-0.1, -0.05) is 74.9 Å². The maximum absolute atomic E-state index is 14.1. The molecule has 1 atom stereocenters. The lowest BCUT2D eigenvalue weighted by atomic mass is 9.87. The van der Waals surface area contributed by atoms with Gasteiger partial charge >= 0.3 is 0 Å². The molecule has 8 nitrogen and oxygen atoms in total. The Bertz CT molecular complexity index is 1770. The van der Waals surface area contributed by atoms with Crippen LogP contribution in [0.5, 0.6) is 0 Å². The van der Waals surface area contributed by atoms with Crippen molar-refractivity contribution < 1.29 is 22.4 Å². The third-order valence-electron chi connectivity index (χ3n) is 8.03. The van der Waals surface area contributed by atoms with Crippen molar-refractivity contribution in [2.24, 2.45) is 0 Å². The molecule has 0 bridgehead atoms. The van der Waals surface area contributed by atoms with Crippen LogP contribution in [0.2, 0.25) is 0 Å². The standard InChI is InChI=1S/C35H40N2O6S/c1-25-12-17-32-31(19-25)34(39)27(24-43-32)21-36(20-26-9-6-5-7-10-26)33(38)23-37(22-29-11-8-18-42-29)44(40,41)30-15-13-28(14-16-30)35(2,3)4/h5-7,9-10,12-17,19,24,29H,8,11,18,20-23H2,1-4H3/t29-/m1/s1. The van der Waals surface area contributed by atoms with Gasteiger partial charge in [-0.2, -0.15) is 4.31 Å². The fourth-order valence-corrected chi connectivity index (χ4v) is 6.85. The van der Waals surface area contributed by atoms with Gasteiger partial charge in [0.1, 0.15) is 5.58 Å². The molecule has 5 rings (SSSR count). The Morgan fingerprint density at radius 3 is 2.36 bits per heavy atom. The lowest BCUT2D eigenvalue weighted by Gasteiger charge is -2.29. The quantitative estimate of drug-likeness (QED) is 0.224. The number of rotatable bonds is 10. The van der Waals surface area contributed by atoms with Crippen molar-refractivity contribution in [1.82, 2.24) is 9.21 Å². The van der Waals surface area contributed by atoms with E-state index in [4.69, 9.17) is 9.15 Å². The SMILES string of the molecule is Cc1ccc2occ(CN(Cc3ccccc3)C(=O)CN(C[C@H]3CCCO3)S(=O)(=O)c3ccc(C(C)(C)C)cc3)c(=O)c2c1. The molecule has 4 aromatic rings. The van der Waals surface area contributed by atoms with Gasteiger partial charge in [-0.05, 0) is 60.6 Å². The number of benzene rings is 3. The zero-order valence-corrected chi connectivity index (χ0v) is 26.6. The maximum atomic E-state index is 14.1. The van der Waals surface area contributed by atoms with E-state index in [9.17, 15) is 18.0 Å². The minimum absolute atomic E-state index is 0.0337. The first kappa shape index (κ1) is 31.6. The molecule has 1 fully saturated rings. The summed E-state index contributed by atoms with van der Waals surface area (Å²) in [4.78, 5) is 29.2. The summed E-state index contributed by atoms with van der Waals surface area (Å²) < 4.78 is 40.8. The van der Waals surface area contributed by atoms with Crippen molar-refractivity contribution in [3.05, 3.63) is 112 Å². The van der Waals surface area contributed by atoms with Gasteiger partial charge in [0.25, 0.3) is 0 Å². The highest BCUT2D eigenvalue weighted by Crippen LogP contribution is 2.26. The van der Waals surface area contributed by atoms with Crippen molar-refractivity contribution in [3.63, 3.8) is 0 Å². The second kappa shape index (κ2) is 13.1. The Morgan fingerprint density at radius 2 is 1.70 bits per heavy atom. The number of aryl methyl sites for hydroxylation is 1. The number of hydrogen-bond acceptors (Lipinski definition) is 6. The lowest BCUT2D eigenvalue weighted by Crippen LogP contribution is -2.45. The first-order valence-electron chi connectivity index (χ1n) is 15.0. The molecule has 1 aromatic heterocycles. The van der Waals surface area contributed by atoms with Crippen LogP contribution in [0.25, 0.3) is 11.0 Å². The Morgan fingerprint density at radius 1 is 0.977 bits per heavy atom. The van der Waals surface area contributed by atoms with Gasteiger partial charge in [0, 0.05) is 19.7 Å². The topological polar surface area (TPSA) is 97.1 Å². The highest BCUT2D eigenvalue weighted by Gasteiger charge is 2.33. The fourth-order valence-electron chi connectivity index (χ4n) is 5.43. The molecule has 1 saturated heterocycles. The van der Waals surface area contributed by atoms with Crippen molar-refractivity contribution in [2.45, 2.75) is 70.0 Å². The van der Waals surface area contributed by atoms with Crippen LogP contribution in [0.15, 0.2) is 93.2 Å². The van der Waals surface area contributed by atoms with Gasteiger partial charge in [-0.15, -0.1) is 0 Å². The molecule has 0 unspecified atom stereocenters. The van der Waals surface area contributed by atoms with E-state index >= 15 is 0 Å². The molecule has 1 aliphatic rings. The average molecular weight is 617 g/mol. The fraction of sp³-hybridized carbons (Fsp3) is 0.371. The highest BCUT2D eigenvalue weighted by molar-refractivity contribution is 7.89. The molecule has 0 spiro atoms. The van der Waals surface area contributed by atoms with Gasteiger partial charge < -0.3 is 14.1 Å². The highest BCUT2D eigenvalue weighted by atomic mass is 32.2. The second-order valence-corrected chi connectivity index (χ2v) is 14.5. The molecule has 0 radical (unpaired) electrons. The third kappa shape index (κ3) is 7.29. The largest absolute Gasteiger partial charge is 0.464 e. The van der Waals surface area contributed by atoms with Gasteiger partial charge in [0.05, 0.1) is 41.3 Å². The molecule has 0 aliphatic carbocycles. The summed E-state index contributed by atoms with van der Waals surface area (Å²) in [6.45, 7) is 8.49. The van der Waals surface area contributed by atoms with Gasteiger partial charge in [-0.3, -0.25) is 9.59 Å². The van der Waals surface area contributed by atoms with Crippen molar-refractivity contribution in [1.29, 1.82) is 0 Å². The summed E-state index contributed by atoms with van der Waals surface area (Å²) in [7, 11) is -4.04. The summed E-state index contributed by atoms with van der Waals surface area (Å²) in [5.74, 6) is -0.425. The molecule has 232 valence electrons. The van der Waals surface area contributed by atoms with E-state index in [1.54, 1.807) is 24.3 Å². The van der Waals surface area contributed by atoms with Crippen LogP contribution in [0.4, 0.5) is 0 Å². The number of carbonyl (C=O) groups is 1. The number of hydrogen-bond donors (Lipinski definition) is 0. The van der Waals surface area contributed by atoms with Crippen LogP contribution < -0.4 is 5.43 Å². The van der Waals surface area contributed by atoms with Gasteiger partial charge in [0.2, 0.25) is 15.9 Å². The molecular weight excluding hydrogens is 576 g/mol. The molecule has 1 amide bonds. The van der Waals surface area contributed by atoms with E-state index in [-0.39, 0.29) is 41.5 Å². The lowest BCUT2D eigenvalue weighted by molar-refractivity contribution is -0.132. The first-order chi connectivity index (χ1) is 20.9. The normalized spacial score (nSPS) is 15.6. The second-order valence-electron chi connectivity index (χ2n) is 12.5. The number of sulfonamides is 1. The zero-order chi connectivity index (χ0) is 31.5. The number of amides is 1. The van der Waals surface area contributed by atoms with Crippen LogP contribution in [0, 0.1) is 6.92 Å². The number of ether oxygens (including phenoxy) is 1.